The Morgan fingerprint density at radius 3 is 2.80 bits per heavy atom. The summed E-state index contributed by atoms with van der Waals surface area (Å²) in [5, 5.41) is 1.19. The Morgan fingerprint density at radius 1 is 1.13 bits per heavy atom. The number of nitrogens with zero attached hydrogens (tertiary/aromatic N) is 1. The number of rotatable bonds is 1. The summed E-state index contributed by atoms with van der Waals surface area (Å²) in [7, 11) is 0. The van der Waals surface area contributed by atoms with Crippen molar-refractivity contribution in [2.45, 2.75) is 0 Å². The van der Waals surface area contributed by atoms with Crippen molar-refractivity contribution in [2.75, 3.05) is 0 Å². The summed E-state index contributed by atoms with van der Waals surface area (Å²) < 4.78 is 0.909. The maximum atomic E-state index is 4.29. The molecular weight excluding hydrogens is 254 g/mol. The molecule has 0 atom stereocenters. The highest BCUT2D eigenvalue weighted by Gasteiger charge is 2.10. The molecule has 1 aromatic carbocycles. The minimum Gasteiger partial charge on any atom is -0.360 e. The molecule has 0 aliphatic carbocycles. The zero-order valence-corrected chi connectivity index (χ0v) is 9.38. The number of benzene rings is 1. The molecule has 0 bridgehead atoms. The fraction of sp³-hybridized carbons (Fsp3) is 0. The van der Waals surface area contributed by atoms with Gasteiger partial charge >= 0.3 is 0 Å². The Hall–Kier alpha value is -1.55. The van der Waals surface area contributed by atoms with Crippen LogP contribution in [-0.2, 0) is 0 Å². The van der Waals surface area contributed by atoms with E-state index in [-0.39, 0.29) is 0 Å². The second-order valence-corrected chi connectivity index (χ2v) is 4.11. The van der Waals surface area contributed by atoms with Gasteiger partial charge in [-0.25, -0.2) is 4.98 Å². The van der Waals surface area contributed by atoms with E-state index in [1.54, 1.807) is 6.33 Å². The Kier molecular flexibility index (Phi) is 1.89. The first kappa shape index (κ1) is 8.73. The first-order chi connectivity index (χ1) is 7.36. The third-order valence-electron chi connectivity index (χ3n) is 2.44. The number of aromatic nitrogens is 3. The lowest BCUT2D eigenvalue weighted by atomic mass is 10.1. The van der Waals surface area contributed by atoms with Crippen LogP contribution in [0.4, 0.5) is 0 Å². The van der Waals surface area contributed by atoms with Crippen LogP contribution in [0, 0.1) is 0 Å². The van der Waals surface area contributed by atoms with E-state index >= 15 is 0 Å². The summed E-state index contributed by atoms with van der Waals surface area (Å²) in [5.41, 5.74) is 3.17. The van der Waals surface area contributed by atoms with Crippen molar-refractivity contribution in [3.8, 4) is 11.3 Å². The Morgan fingerprint density at radius 2 is 2.00 bits per heavy atom. The smallest absolute Gasteiger partial charge is 0.110 e. The topological polar surface area (TPSA) is 44.5 Å². The number of hydrogen-bond donors (Lipinski definition) is 2. The van der Waals surface area contributed by atoms with Gasteiger partial charge in [-0.3, -0.25) is 0 Å². The summed E-state index contributed by atoms with van der Waals surface area (Å²) in [5.74, 6) is 0. The zero-order chi connectivity index (χ0) is 10.3. The molecule has 74 valence electrons. The molecule has 0 spiro atoms. The van der Waals surface area contributed by atoms with Crippen molar-refractivity contribution in [1.82, 2.24) is 15.0 Å². The highest BCUT2D eigenvalue weighted by atomic mass is 79.9. The number of para-hydroxylation sites is 1. The molecule has 4 heteroatoms. The van der Waals surface area contributed by atoms with Crippen LogP contribution in [0.15, 0.2) is 41.4 Å². The van der Waals surface area contributed by atoms with Gasteiger partial charge in [0.05, 0.1) is 6.33 Å². The number of nitrogens with one attached hydrogen (secondary N) is 2. The van der Waals surface area contributed by atoms with Gasteiger partial charge in [0.2, 0.25) is 0 Å². The fourth-order valence-electron chi connectivity index (χ4n) is 1.73. The van der Waals surface area contributed by atoms with Gasteiger partial charge in [0.1, 0.15) is 10.3 Å². The predicted molar refractivity (Wildman–Crippen MR) is 63.6 cm³/mol. The molecule has 3 rings (SSSR count). The van der Waals surface area contributed by atoms with Gasteiger partial charge < -0.3 is 9.97 Å². The quantitative estimate of drug-likeness (QED) is 0.694. The number of hydrogen-bond acceptors (Lipinski definition) is 1. The van der Waals surface area contributed by atoms with Crippen molar-refractivity contribution in [3.05, 3.63) is 41.4 Å². The van der Waals surface area contributed by atoms with Crippen LogP contribution in [-0.4, -0.2) is 15.0 Å². The van der Waals surface area contributed by atoms with Crippen molar-refractivity contribution in [1.29, 1.82) is 0 Å². The summed E-state index contributed by atoms with van der Waals surface area (Å²) in [4.78, 5) is 10.5. The minimum atomic E-state index is 0.909. The average molecular weight is 262 g/mol. The number of imidazole rings is 1. The van der Waals surface area contributed by atoms with E-state index < -0.39 is 0 Å². The zero-order valence-electron chi connectivity index (χ0n) is 7.79. The van der Waals surface area contributed by atoms with Crippen LogP contribution in [0.1, 0.15) is 0 Å². The highest BCUT2D eigenvalue weighted by Crippen LogP contribution is 2.30. The summed E-state index contributed by atoms with van der Waals surface area (Å²) in [6, 6.07) is 8.18. The highest BCUT2D eigenvalue weighted by molar-refractivity contribution is 9.10. The third-order valence-corrected chi connectivity index (χ3v) is 3.04. The van der Waals surface area contributed by atoms with Crippen molar-refractivity contribution in [2.24, 2.45) is 0 Å². The summed E-state index contributed by atoms with van der Waals surface area (Å²) >= 11 is 3.44. The van der Waals surface area contributed by atoms with Crippen molar-refractivity contribution in [3.63, 3.8) is 0 Å². The van der Waals surface area contributed by atoms with Crippen LogP contribution in [0.25, 0.3) is 22.2 Å². The molecule has 0 aliphatic heterocycles. The van der Waals surface area contributed by atoms with Crippen LogP contribution >= 0.6 is 15.9 Å². The van der Waals surface area contributed by atoms with Gasteiger partial charge in [0.25, 0.3) is 0 Å². The maximum absolute atomic E-state index is 4.29. The largest absolute Gasteiger partial charge is 0.360 e. The molecule has 0 saturated carbocycles. The number of halogens is 1. The molecule has 0 saturated heterocycles. The molecule has 3 aromatic rings. The monoisotopic (exact) mass is 261 g/mol. The molecule has 0 fully saturated rings. The standard InChI is InChI=1S/C11H8BrN3/c12-11-10(14-6-15-11)8-5-13-9-4-2-1-3-7(8)9/h1-6,13H,(H,14,15). The van der Waals surface area contributed by atoms with Gasteiger partial charge in [0.15, 0.2) is 0 Å². The van der Waals surface area contributed by atoms with Gasteiger partial charge in [-0.1, -0.05) is 18.2 Å². The lowest BCUT2D eigenvalue weighted by molar-refractivity contribution is 1.30. The Balaban J connectivity index is 2.32. The number of aromatic amines is 2. The normalized spacial score (nSPS) is 11.0. The lowest BCUT2D eigenvalue weighted by Gasteiger charge is -1.94. The molecule has 2 heterocycles. The van der Waals surface area contributed by atoms with Crippen LogP contribution in [0.3, 0.4) is 0 Å². The van der Waals surface area contributed by atoms with Crippen molar-refractivity contribution < 1.29 is 0 Å². The number of H-pyrrole nitrogens is 2. The lowest BCUT2D eigenvalue weighted by Crippen LogP contribution is -1.75. The van der Waals surface area contributed by atoms with Crippen LogP contribution in [0.5, 0.6) is 0 Å². The van der Waals surface area contributed by atoms with E-state index in [1.807, 2.05) is 18.3 Å². The third kappa shape index (κ3) is 1.29. The average Bonchev–Trinajstić information content (AvgIpc) is 2.83. The van der Waals surface area contributed by atoms with E-state index in [0.717, 1.165) is 21.4 Å². The van der Waals surface area contributed by atoms with E-state index in [0.29, 0.717) is 0 Å². The number of fused-ring (bicyclic) bond motifs is 1. The minimum absolute atomic E-state index is 0.909. The van der Waals surface area contributed by atoms with E-state index in [1.165, 1.54) is 5.39 Å². The fourth-order valence-corrected chi connectivity index (χ4v) is 2.15. The molecular formula is C11H8BrN3. The summed E-state index contributed by atoms with van der Waals surface area (Å²) in [6.45, 7) is 0. The molecule has 0 amide bonds. The second-order valence-electron chi connectivity index (χ2n) is 3.31. The summed E-state index contributed by atoms with van der Waals surface area (Å²) in [6.07, 6.45) is 3.66. The molecule has 0 unspecified atom stereocenters. The Labute approximate surface area is 94.7 Å². The first-order valence-electron chi connectivity index (χ1n) is 4.61. The van der Waals surface area contributed by atoms with Gasteiger partial charge in [-0.05, 0) is 22.0 Å². The van der Waals surface area contributed by atoms with Gasteiger partial charge in [-0.2, -0.15) is 0 Å². The van der Waals surface area contributed by atoms with E-state index in [9.17, 15) is 0 Å². The molecule has 2 N–H and O–H groups in total. The molecule has 2 aromatic heterocycles. The molecule has 0 aliphatic rings. The SMILES string of the molecule is Brc1[nH]cnc1-c1c[nH]c2ccccc12. The van der Waals surface area contributed by atoms with E-state index in [2.05, 4.69) is 43.0 Å². The maximum Gasteiger partial charge on any atom is 0.110 e. The first-order valence-corrected chi connectivity index (χ1v) is 5.41. The Bertz CT molecular complexity index is 609. The second kappa shape index (κ2) is 3.24. The molecule has 3 nitrogen and oxygen atoms in total. The van der Waals surface area contributed by atoms with Gasteiger partial charge in [-0.15, -0.1) is 0 Å². The molecule has 15 heavy (non-hydrogen) atoms. The van der Waals surface area contributed by atoms with Crippen molar-refractivity contribution >= 4 is 26.8 Å². The van der Waals surface area contributed by atoms with Crippen LogP contribution < -0.4 is 0 Å². The van der Waals surface area contributed by atoms with Gasteiger partial charge in [0, 0.05) is 22.7 Å². The van der Waals surface area contributed by atoms with E-state index in [4.69, 9.17) is 0 Å². The predicted octanol–water partition coefficient (Wildman–Crippen LogP) is 3.32. The van der Waals surface area contributed by atoms with Crippen LogP contribution in [0.2, 0.25) is 0 Å². The molecule has 0 radical (unpaired) electrons.